The van der Waals surface area contributed by atoms with Crippen LogP contribution in [0.3, 0.4) is 0 Å². The number of thioether (sulfide) groups is 2. The van der Waals surface area contributed by atoms with E-state index in [-0.39, 0.29) is 17.0 Å². The van der Waals surface area contributed by atoms with Gasteiger partial charge < -0.3 is 13.8 Å². The van der Waals surface area contributed by atoms with Crippen molar-refractivity contribution in [1.29, 1.82) is 0 Å². The Bertz CT molecular complexity index is 696. The third-order valence-corrected chi connectivity index (χ3v) is 8.99. The first kappa shape index (κ1) is 24.0. The van der Waals surface area contributed by atoms with Crippen molar-refractivity contribution in [1.82, 2.24) is 4.98 Å². The number of pyridine rings is 1. The van der Waals surface area contributed by atoms with E-state index in [9.17, 15) is 4.57 Å². The Morgan fingerprint density at radius 3 is 2.29 bits per heavy atom. The normalized spacial score (nSPS) is 21.2. The van der Waals surface area contributed by atoms with Crippen molar-refractivity contribution in [3.63, 3.8) is 0 Å². The van der Waals surface area contributed by atoms with E-state index in [4.69, 9.17) is 13.8 Å². The van der Waals surface area contributed by atoms with Gasteiger partial charge in [0, 0.05) is 18.3 Å². The van der Waals surface area contributed by atoms with Gasteiger partial charge in [-0.15, -0.1) is 11.8 Å². The van der Waals surface area contributed by atoms with Crippen LogP contribution in [0.5, 0.6) is 0 Å². The Morgan fingerprint density at radius 1 is 1.18 bits per heavy atom. The van der Waals surface area contributed by atoms with Crippen LogP contribution in [0, 0.1) is 0 Å². The van der Waals surface area contributed by atoms with Crippen LogP contribution in [0.2, 0.25) is 0 Å². The first-order valence-electron chi connectivity index (χ1n) is 9.75. The number of hydrogen-bond donors (Lipinski definition) is 0. The smallest absolute Gasteiger partial charge is 0.359 e. The van der Waals surface area contributed by atoms with Crippen molar-refractivity contribution >= 4 is 31.1 Å². The summed E-state index contributed by atoms with van der Waals surface area (Å²) < 4.78 is 32.7. The Labute approximate surface area is 177 Å². The molecule has 0 saturated carbocycles. The zero-order valence-electron chi connectivity index (χ0n) is 17.6. The average Bonchev–Trinajstić information content (AvgIpc) is 2.61. The second-order valence-electron chi connectivity index (χ2n) is 7.29. The summed E-state index contributed by atoms with van der Waals surface area (Å²) in [7, 11) is -3.42. The molecule has 0 radical (unpaired) electrons. The first-order valence-corrected chi connectivity index (χ1v) is 13.2. The van der Waals surface area contributed by atoms with Gasteiger partial charge in [-0.25, -0.2) is 0 Å². The molecule has 0 fully saturated rings. The lowest BCUT2D eigenvalue weighted by molar-refractivity contribution is -0.0233. The molecule has 28 heavy (non-hydrogen) atoms. The largest absolute Gasteiger partial charge is 0.362 e. The summed E-state index contributed by atoms with van der Waals surface area (Å²) >= 11 is 3.32. The van der Waals surface area contributed by atoms with E-state index in [1.54, 1.807) is 35.9 Å². The quantitative estimate of drug-likeness (QED) is 0.395. The Balaban J connectivity index is 2.59. The van der Waals surface area contributed by atoms with Crippen molar-refractivity contribution in [2.24, 2.45) is 0 Å². The minimum Gasteiger partial charge on any atom is -0.362 e. The van der Waals surface area contributed by atoms with Crippen LogP contribution < -0.4 is 0 Å². The zero-order valence-corrected chi connectivity index (χ0v) is 20.2. The third-order valence-electron chi connectivity index (χ3n) is 3.97. The summed E-state index contributed by atoms with van der Waals surface area (Å²) in [5.41, 5.74) is 0.762. The fourth-order valence-corrected chi connectivity index (χ4v) is 8.63. The first-order chi connectivity index (χ1) is 13.2. The van der Waals surface area contributed by atoms with Gasteiger partial charge in [-0.2, -0.15) is 0 Å². The lowest BCUT2D eigenvalue weighted by atomic mass is 9.96. The summed E-state index contributed by atoms with van der Waals surface area (Å²) in [6.07, 6.45) is 4.25. The van der Waals surface area contributed by atoms with Gasteiger partial charge in [-0.3, -0.25) is 9.55 Å². The maximum absolute atomic E-state index is 13.8. The molecule has 8 heteroatoms. The molecule has 1 aromatic heterocycles. The number of hydrogen-bond acceptors (Lipinski definition) is 7. The van der Waals surface area contributed by atoms with Gasteiger partial charge in [-0.05, 0) is 64.5 Å². The molecule has 2 rings (SSSR count). The minimum atomic E-state index is -3.42. The molecule has 2 heterocycles. The minimum absolute atomic E-state index is 0.0346. The predicted molar refractivity (Wildman–Crippen MR) is 120 cm³/mol. The molecule has 0 bridgehead atoms. The molecule has 1 aliphatic rings. The van der Waals surface area contributed by atoms with Crippen molar-refractivity contribution in [3.8, 4) is 0 Å². The molecule has 1 aliphatic heterocycles. The van der Waals surface area contributed by atoms with E-state index in [0.29, 0.717) is 19.6 Å². The van der Waals surface area contributed by atoms with E-state index >= 15 is 0 Å². The van der Waals surface area contributed by atoms with E-state index in [1.165, 1.54) is 0 Å². The molecule has 0 saturated heterocycles. The molecule has 0 aliphatic carbocycles. The Hall–Kier alpha value is -0.300. The average molecular weight is 446 g/mol. The molecule has 0 aromatic carbocycles. The third kappa shape index (κ3) is 6.35. The molecule has 0 amide bonds. The molecule has 5 nitrogen and oxygen atoms in total. The lowest BCUT2D eigenvalue weighted by Crippen LogP contribution is -2.29. The summed E-state index contributed by atoms with van der Waals surface area (Å²) in [6.45, 7) is 12.6. The highest BCUT2D eigenvalue weighted by Crippen LogP contribution is 2.67. The Kier molecular flexibility index (Phi) is 9.12. The second kappa shape index (κ2) is 10.6. The monoisotopic (exact) mass is 445 g/mol. The molecular weight excluding hydrogens is 413 g/mol. The van der Waals surface area contributed by atoms with Gasteiger partial charge in [0.05, 0.1) is 28.4 Å². The van der Waals surface area contributed by atoms with E-state index in [0.717, 1.165) is 20.9 Å². The molecule has 1 aromatic rings. The van der Waals surface area contributed by atoms with E-state index < -0.39 is 7.60 Å². The van der Waals surface area contributed by atoms with Crippen LogP contribution in [0.4, 0.5) is 0 Å². The summed E-state index contributed by atoms with van der Waals surface area (Å²) in [4.78, 5) is 4.14. The molecule has 0 N–H and O–H groups in total. The number of rotatable bonds is 9. The summed E-state index contributed by atoms with van der Waals surface area (Å²) in [5, 5.41) is 0.771. The summed E-state index contributed by atoms with van der Waals surface area (Å²) in [6, 6.07) is 3.95. The number of aromatic nitrogens is 1. The fraction of sp³-hybridized carbons (Fsp3) is 0.650. The van der Waals surface area contributed by atoms with Crippen LogP contribution in [-0.4, -0.2) is 35.0 Å². The van der Waals surface area contributed by atoms with Crippen LogP contribution >= 0.6 is 31.1 Å². The van der Waals surface area contributed by atoms with Gasteiger partial charge in [-0.1, -0.05) is 18.7 Å². The van der Waals surface area contributed by atoms with E-state index in [2.05, 4.69) is 32.7 Å². The topological polar surface area (TPSA) is 57.7 Å². The van der Waals surface area contributed by atoms with Crippen molar-refractivity contribution in [2.75, 3.05) is 19.0 Å². The maximum Gasteiger partial charge on any atom is 0.359 e. The van der Waals surface area contributed by atoms with Crippen LogP contribution in [0.1, 0.15) is 59.4 Å². The zero-order chi connectivity index (χ0) is 20.8. The van der Waals surface area contributed by atoms with Gasteiger partial charge in [0.25, 0.3) is 0 Å². The number of nitrogens with zero attached hydrogens (tertiary/aromatic N) is 1. The molecule has 0 spiro atoms. The highest BCUT2D eigenvalue weighted by Gasteiger charge is 2.44. The van der Waals surface area contributed by atoms with Crippen LogP contribution in [-0.2, 0) is 18.3 Å². The molecule has 2 atom stereocenters. The van der Waals surface area contributed by atoms with Gasteiger partial charge in [0.1, 0.15) is 5.44 Å². The molecular formula is C20H32NO4PS2. The van der Waals surface area contributed by atoms with Crippen molar-refractivity contribution in [3.05, 3.63) is 39.6 Å². The summed E-state index contributed by atoms with van der Waals surface area (Å²) in [5.74, 6) is 0.768. The van der Waals surface area contributed by atoms with Crippen molar-refractivity contribution in [2.45, 2.75) is 64.9 Å². The van der Waals surface area contributed by atoms with Crippen LogP contribution in [0.25, 0.3) is 0 Å². The SMILES string of the molecule is CCOP(=O)(OCC)C1=C(SCC)S[C@H](OC(C)(C)C)C[C@H]1c1ccncc1. The fourth-order valence-electron chi connectivity index (χ4n) is 3.09. The highest BCUT2D eigenvalue weighted by atomic mass is 32.2. The Morgan fingerprint density at radius 2 is 1.79 bits per heavy atom. The standard InChI is InChI=1S/C20H32NO4PS2/c1-7-23-26(22,24-8-2)18-16(15-10-12-21-13-11-15)14-17(25-20(4,5)6)28-19(18)27-9-3/h10-13,16-17H,7-9,14H2,1-6H3/t16-,17-/m0/s1. The predicted octanol–water partition coefficient (Wildman–Crippen LogP) is 6.63. The second-order valence-corrected chi connectivity index (χ2v) is 12.0. The molecule has 158 valence electrons. The number of allylic oxidation sites excluding steroid dienone is 1. The van der Waals surface area contributed by atoms with Gasteiger partial charge in [0.15, 0.2) is 0 Å². The van der Waals surface area contributed by atoms with Gasteiger partial charge >= 0.3 is 7.60 Å². The molecule has 0 unspecified atom stereocenters. The highest BCUT2D eigenvalue weighted by molar-refractivity contribution is 8.22. The van der Waals surface area contributed by atoms with Gasteiger partial charge in [0.2, 0.25) is 0 Å². The maximum atomic E-state index is 13.8. The van der Waals surface area contributed by atoms with Crippen molar-refractivity contribution < 1.29 is 18.3 Å². The van der Waals surface area contributed by atoms with E-state index in [1.807, 2.05) is 26.0 Å². The lowest BCUT2D eigenvalue weighted by Gasteiger charge is -2.38. The van der Waals surface area contributed by atoms with Crippen LogP contribution in [0.15, 0.2) is 34.1 Å². The number of ether oxygens (including phenoxy) is 1.